The third kappa shape index (κ3) is 3.40. The Labute approximate surface area is 139 Å². The molecule has 124 valence electrons. The number of para-hydroxylation sites is 1. The lowest BCUT2D eigenvalue weighted by Gasteiger charge is -2.32. The van der Waals surface area contributed by atoms with Crippen LogP contribution >= 0.6 is 11.3 Å². The molecule has 3 rings (SSSR count). The number of hydrogen-bond acceptors (Lipinski definition) is 6. The van der Waals surface area contributed by atoms with Crippen molar-refractivity contribution in [3.05, 3.63) is 24.3 Å². The van der Waals surface area contributed by atoms with E-state index in [1.807, 2.05) is 45.0 Å². The number of fused-ring (bicyclic) bond motifs is 1. The molecule has 1 amide bonds. The molecule has 6 nitrogen and oxygen atoms in total. The van der Waals surface area contributed by atoms with E-state index in [1.54, 1.807) is 9.91 Å². The first-order chi connectivity index (χ1) is 10.8. The summed E-state index contributed by atoms with van der Waals surface area (Å²) in [6.07, 6.45) is 1.18. The van der Waals surface area contributed by atoms with Crippen molar-refractivity contribution in [2.75, 3.05) is 11.6 Å². The molecule has 1 atom stereocenters. The molecule has 2 N–H and O–H groups in total. The Morgan fingerprint density at radius 2 is 2.17 bits per heavy atom. The Hall–Kier alpha value is -1.86. The van der Waals surface area contributed by atoms with Crippen molar-refractivity contribution in [2.24, 2.45) is 5.84 Å². The van der Waals surface area contributed by atoms with Crippen molar-refractivity contribution in [3.8, 4) is 0 Å². The first-order valence-corrected chi connectivity index (χ1v) is 8.56. The molecule has 7 heteroatoms. The fourth-order valence-electron chi connectivity index (χ4n) is 2.67. The Bertz CT molecular complexity index is 676. The van der Waals surface area contributed by atoms with Crippen molar-refractivity contribution < 1.29 is 9.53 Å². The number of nitrogens with two attached hydrogens (primary N) is 1. The van der Waals surface area contributed by atoms with Crippen LogP contribution in [0.15, 0.2) is 24.3 Å². The largest absolute Gasteiger partial charge is 0.444 e. The first kappa shape index (κ1) is 16.0. The third-order valence-electron chi connectivity index (χ3n) is 3.67. The maximum atomic E-state index is 12.4. The standard InChI is InChI=1S/C16H22N4O2S/c1-16(2,3)22-15(21)19-10-6-9-13(19)20(17)14-18-11-7-4-5-8-12(11)23-14/h4-5,7-8,13H,6,9-10,17H2,1-3H3. The minimum atomic E-state index is -0.514. The van der Waals surface area contributed by atoms with E-state index < -0.39 is 5.60 Å². The van der Waals surface area contributed by atoms with Gasteiger partial charge in [0.15, 0.2) is 0 Å². The van der Waals surface area contributed by atoms with Crippen LogP contribution < -0.4 is 10.9 Å². The van der Waals surface area contributed by atoms with Crippen LogP contribution in [-0.2, 0) is 4.74 Å². The van der Waals surface area contributed by atoms with Crippen LogP contribution in [-0.4, -0.2) is 34.3 Å². The Morgan fingerprint density at radius 3 is 2.87 bits per heavy atom. The summed E-state index contributed by atoms with van der Waals surface area (Å²) < 4.78 is 6.57. The van der Waals surface area contributed by atoms with Crippen molar-refractivity contribution in [3.63, 3.8) is 0 Å². The average Bonchev–Trinajstić information content (AvgIpc) is 3.11. The predicted octanol–water partition coefficient (Wildman–Crippen LogP) is 3.33. The van der Waals surface area contributed by atoms with Gasteiger partial charge >= 0.3 is 6.09 Å². The van der Waals surface area contributed by atoms with Gasteiger partial charge in [0.25, 0.3) is 0 Å². The van der Waals surface area contributed by atoms with Crippen LogP contribution in [0.25, 0.3) is 10.2 Å². The van der Waals surface area contributed by atoms with E-state index in [9.17, 15) is 4.79 Å². The van der Waals surface area contributed by atoms with Gasteiger partial charge in [0, 0.05) is 6.54 Å². The highest BCUT2D eigenvalue weighted by atomic mass is 32.1. The molecular formula is C16H22N4O2S. The van der Waals surface area contributed by atoms with Gasteiger partial charge in [-0.25, -0.2) is 15.6 Å². The van der Waals surface area contributed by atoms with Gasteiger partial charge in [0.05, 0.1) is 10.2 Å². The number of hydrazine groups is 1. The molecule has 1 aromatic carbocycles. The number of rotatable bonds is 2. The normalized spacial score (nSPS) is 18.4. The molecule has 1 aliphatic heterocycles. The lowest BCUT2D eigenvalue weighted by atomic mass is 10.2. The fourth-order valence-corrected chi connectivity index (χ4v) is 3.60. The SMILES string of the molecule is CC(C)(C)OC(=O)N1CCCC1N(N)c1nc2ccccc2s1. The highest BCUT2D eigenvalue weighted by molar-refractivity contribution is 7.22. The van der Waals surface area contributed by atoms with Gasteiger partial charge in [-0.15, -0.1) is 0 Å². The zero-order valence-corrected chi connectivity index (χ0v) is 14.5. The highest BCUT2D eigenvalue weighted by Crippen LogP contribution is 2.31. The molecule has 0 spiro atoms. The molecule has 1 fully saturated rings. The molecule has 2 aromatic rings. The van der Waals surface area contributed by atoms with E-state index in [2.05, 4.69) is 4.98 Å². The molecule has 1 unspecified atom stereocenters. The topological polar surface area (TPSA) is 71.7 Å². The third-order valence-corrected chi connectivity index (χ3v) is 4.72. The number of thiazole rings is 1. The van der Waals surface area contributed by atoms with Crippen LogP contribution in [0.5, 0.6) is 0 Å². The van der Waals surface area contributed by atoms with Gasteiger partial charge in [0.1, 0.15) is 11.8 Å². The summed E-state index contributed by atoms with van der Waals surface area (Å²) in [6.45, 7) is 6.25. The molecule has 2 heterocycles. The number of amides is 1. The Kier molecular flexibility index (Phi) is 4.16. The molecule has 0 radical (unpaired) electrons. The summed E-state index contributed by atoms with van der Waals surface area (Å²) in [7, 11) is 0. The number of benzene rings is 1. The van der Waals surface area contributed by atoms with Crippen LogP contribution in [0.2, 0.25) is 0 Å². The summed E-state index contributed by atoms with van der Waals surface area (Å²) in [5.74, 6) is 6.29. The van der Waals surface area contributed by atoms with Crippen molar-refractivity contribution >= 4 is 32.8 Å². The van der Waals surface area contributed by atoms with Crippen LogP contribution in [0.3, 0.4) is 0 Å². The fraction of sp³-hybridized carbons (Fsp3) is 0.500. The number of likely N-dealkylation sites (tertiary alicyclic amines) is 1. The minimum Gasteiger partial charge on any atom is -0.444 e. The number of anilines is 1. The quantitative estimate of drug-likeness (QED) is 0.674. The van der Waals surface area contributed by atoms with Crippen molar-refractivity contribution in [1.82, 2.24) is 9.88 Å². The second kappa shape index (κ2) is 5.98. The second-order valence-electron chi connectivity index (χ2n) is 6.67. The van der Waals surface area contributed by atoms with Crippen LogP contribution in [0.4, 0.5) is 9.93 Å². The summed E-state index contributed by atoms with van der Waals surface area (Å²) in [4.78, 5) is 18.6. The molecular weight excluding hydrogens is 312 g/mol. The maximum absolute atomic E-state index is 12.4. The van der Waals surface area contributed by atoms with Gasteiger partial charge < -0.3 is 4.74 Å². The minimum absolute atomic E-state index is 0.217. The van der Waals surface area contributed by atoms with E-state index in [1.165, 1.54) is 11.3 Å². The van der Waals surface area contributed by atoms with E-state index in [4.69, 9.17) is 10.6 Å². The molecule has 1 saturated heterocycles. The van der Waals surface area contributed by atoms with E-state index >= 15 is 0 Å². The van der Waals surface area contributed by atoms with Crippen molar-refractivity contribution in [1.29, 1.82) is 0 Å². The Balaban J connectivity index is 1.80. The van der Waals surface area contributed by atoms with Gasteiger partial charge in [-0.3, -0.25) is 9.91 Å². The molecule has 0 bridgehead atoms. The van der Waals surface area contributed by atoms with E-state index in [0.717, 1.165) is 23.1 Å². The summed E-state index contributed by atoms with van der Waals surface area (Å²) >= 11 is 1.53. The smallest absolute Gasteiger partial charge is 0.411 e. The molecule has 0 aliphatic carbocycles. The van der Waals surface area contributed by atoms with Crippen molar-refractivity contribution in [2.45, 2.75) is 45.4 Å². The number of aromatic nitrogens is 1. The van der Waals surface area contributed by atoms with E-state index in [0.29, 0.717) is 11.7 Å². The highest BCUT2D eigenvalue weighted by Gasteiger charge is 2.36. The number of hydrogen-bond donors (Lipinski definition) is 1. The lowest BCUT2D eigenvalue weighted by molar-refractivity contribution is 0.0223. The number of carbonyl (C=O) groups is 1. The molecule has 0 saturated carbocycles. The monoisotopic (exact) mass is 334 g/mol. The van der Waals surface area contributed by atoms with Gasteiger partial charge in [-0.1, -0.05) is 23.5 Å². The number of ether oxygens (including phenoxy) is 1. The van der Waals surface area contributed by atoms with Crippen LogP contribution in [0, 0.1) is 0 Å². The maximum Gasteiger partial charge on any atom is 0.411 e. The number of carbonyl (C=O) groups excluding carboxylic acids is 1. The summed E-state index contributed by atoms with van der Waals surface area (Å²) in [5, 5.41) is 2.31. The average molecular weight is 334 g/mol. The molecule has 1 aromatic heterocycles. The van der Waals surface area contributed by atoms with Gasteiger partial charge in [-0.2, -0.15) is 0 Å². The second-order valence-corrected chi connectivity index (χ2v) is 7.68. The van der Waals surface area contributed by atoms with Gasteiger partial charge in [0.2, 0.25) is 5.13 Å². The zero-order chi connectivity index (χ0) is 16.6. The lowest BCUT2D eigenvalue weighted by Crippen LogP contribution is -2.52. The molecule has 1 aliphatic rings. The molecule has 23 heavy (non-hydrogen) atoms. The Morgan fingerprint density at radius 1 is 1.43 bits per heavy atom. The van der Waals surface area contributed by atoms with Crippen LogP contribution in [0.1, 0.15) is 33.6 Å². The van der Waals surface area contributed by atoms with E-state index in [-0.39, 0.29) is 12.3 Å². The number of nitrogens with zero attached hydrogens (tertiary/aromatic N) is 3. The summed E-state index contributed by atoms with van der Waals surface area (Å²) in [5.41, 5.74) is 0.407. The first-order valence-electron chi connectivity index (χ1n) is 7.74. The zero-order valence-electron chi connectivity index (χ0n) is 13.7. The summed E-state index contributed by atoms with van der Waals surface area (Å²) in [6, 6.07) is 7.91. The van der Waals surface area contributed by atoms with Gasteiger partial charge in [-0.05, 0) is 45.7 Å². The predicted molar refractivity (Wildman–Crippen MR) is 92.2 cm³/mol.